The van der Waals surface area contributed by atoms with Crippen molar-refractivity contribution in [3.63, 3.8) is 0 Å². The maximum absolute atomic E-state index is 10.8. The zero-order chi connectivity index (χ0) is 14.2. The average Bonchev–Trinajstić information content (AvgIpc) is 2.46. The number of piperidine rings is 1. The smallest absolute Gasteiger partial charge is 0.151 e. The molecular formula is C16H20ClNO2. The molecule has 1 aromatic carbocycles. The number of anilines is 1. The predicted octanol–water partition coefficient (Wildman–Crippen LogP) is 3.28. The minimum absolute atomic E-state index is 0.356. The Morgan fingerprint density at radius 1 is 1.35 bits per heavy atom. The number of hydrogen-bond donors (Lipinski definition) is 1. The quantitative estimate of drug-likeness (QED) is 0.851. The first-order valence-electron chi connectivity index (χ1n) is 7.34. The molecule has 20 heavy (non-hydrogen) atoms. The highest BCUT2D eigenvalue weighted by atomic mass is 35.5. The fraction of sp³-hybridized carbons (Fsp3) is 0.562. The van der Waals surface area contributed by atoms with E-state index in [9.17, 15) is 9.90 Å². The van der Waals surface area contributed by atoms with Crippen LogP contribution in [0.1, 0.15) is 42.5 Å². The lowest BCUT2D eigenvalue weighted by molar-refractivity contribution is -0.0612. The molecule has 1 aliphatic heterocycles. The van der Waals surface area contributed by atoms with E-state index >= 15 is 0 Å². The van der Waals surface area contributed by atoms with Gasteiger partial charge in [-0.25, -0.2) is 0 Å². The van der Waals surface area contributed by atoms with Crippen LogP contribution in [0, 0.1) is 5.92 Å². The molecule has 0 aromatic heterocycles. The van der Waals surface area contributed by atoms with E-state index in [1.165, 1.54) is 6.42 Å². The number of carbonyl (C=O) groups excluding carboxylic acids is 1. The molecule has 0 radical (unpaired) electrons. The van der Waals surface area contributed by atoms with Crippen LogP contribution >= 0.6 is 11.6 Å². The highest BCUT2D eigenvalue weighted by Gasteiger charge is 2.42. The standard InChI is InChI=1S/C16H20ClNO2/c17-15-9-14(5-4-12(15)11-19)18-8-7-16(20)6-2-1-3-13(16)10-18/h4-5,9,11,13,20H,1-3,6-8,10H2. The van der Waals surface area contributed by atoms with Gasteiger partial charge in [-0.15, -0.1) is 0 Å². The normalized spacial score (nSPS) is 29.9. The van der Waals surface area contributed by atoms with E-state index in [1.807, 2.05) is 12.1 Å². The van der Waals surface area contributed by atoms with Crippen LogP contribution < -0.4 is 4.90 Å². The second kappa shape index (κ2) is 5.38. The van der Waals surface area contributed by atoms with Gasteiger partial charge in [0.05, 0.1) is 10.6 Å². The van der Waals surface area contributed by atoms with Crippen molar-refractivity contribution >= 4 is 23.6 Å². The number of fused-ring (bicyclic) bond motifs is 1. The van der Waals surface area contributed by atoms with Gasteiger partial charge in [0.25, 0.3) is 0 Å². The summed E-state index contributed by atoms with van der Waals surface area (Å²) in [6.45, 7) is 1.73. The Hall–Kier alpha value is -1.06. The predicted molar refractivity (Wildman–Crippen MR) is 80.6 cm³/mol. The molecule has 0 spiro atoms. The van der Waals surface area contributed by atoms with Gasteiger partial charge in [-0.3, -0.25) is 4.79 Å². The first-order valence-corrected chi connectivity index (χ1v) is 7.72. The zero-order valence-corrected chi connectivity index (χ0v) is 12.3. The van der Waals surface area contributed by atoms with Crippen molar-refractivity contribution in [2.75, 3.05) is 18.0 Å². The maximum Gasteiger partial charge on any atom is 0.151 e. The zero-order valence-electron chi connectivity index (χ0n) is 11.5. The summed E-state index contributed by atoms with van der Waals surface area (Å²) in [5.41, 5.74) is 1.12. The topological polar surface area (TPSA) is 40.5 Å². The monoisotopic (exact) mass is 293 g/mol. The summed E-state index contributed by atoms with van der Waals surface area (Å²) in [6, 6.07) is 5.58. The summed E-state index contributed by atoms with van der Waals surface area (Å²) in [7, 11) is 0. The van der Waals surface area contributed by atoms with E-state index in [4.69, 9.17) is 11.6 Å². The molecule has 0 bridgehead atoms. The molecule has 3 nitrogen and oxygen atoms in total. The van der Waals surface area contributed by atoms with Gasteiger partial charge in [0.1, 0.15) is 0 Å². The number of nitrogens with zero attached hydrogens (tertiary/aromatic N) is 1. The largest absolute Gasteiger partial charge is 0.389 e. The van der Waals surface area contributed by atoms with Crippen molar-refractivity contribution < 1.29 is 9.90 Å². The average molecular weight is 294 g/mol. The summed E-state index contributed by atoms with van der Waals surface area (Å²) < 4.78 is 0. The third-order valence-electron chi connectivity index (χ3n) is 4.90. The van der Waals surface area contributed by atoms with Crippen LogP contribution in [0.15, 0.2) is 18.2 Å². The first-order chi connectivity index (χ1) is 9.62. The van der Waals surface area contributed by atoms with Gasteiger partial charge in [-0.1, -0.05) is 24.4 Å². The number of aliphatic hydroxyl groups is 1. The maximum atomic E-state index is 10.8. The van der Waals surface area contributed by atoms with Gasteiger partial charge >= 0.3 is 0 Å². The van der Waals surface area contributed by atoms with E-state index in [0.717, 1.165) is 50.7 Å². The molecule has 1 saturated carbocycles. The number of carbonyl (C=O) groups is 1. The molecule has 2 atom stereocenters. The second-order valence-corrected chi connectivity index (χ2v) is 6.47. The minimum atomic E-state index is -0.457. The lowest BCUT2D eigenvalue weighted by Crippen LogP contribution is -2.53. The molecule has 1 heterocycles. The number of hydrogen-bond acceptors (Lipinski definition) is 3. The van der Waals surface area contributed by atoms with Crippen molar-refractivity contribution in [2.24, 2.45) is 5.92 Å². The fourth-order valence-electron chi connectivity index (χ4n) is 3.61. The van der Waals surface area contributed by atoms with E-state index in [0.29, 0.717) is 16.5 Å². The summed E-state index contributed by atoms with van der Waals surface area (Å²) in [4.78, 5) is 13.1. The molecule has 1 aromatic rings. The molecule has 4 heteroatoms. The molecular weight excluding hydrogens is 274 g/mol. The molecule has 3 rings (SSSR count). The van der Waals surface area contributed by atoms with Crippen LogP contribution in [-0.2, 0) is 0 Å². The summed E-state index contributed by atoms with van der Waals surface area (Å²) in [6.07, 6.45) is 6.01. The Labute approximate surface area is 124 Å². The lowest BCUT2D eigenvalue weighted by atomic mass is 9.71. The Bertz CT molecular complexity index is 519. The third kappa shape index (κ3) is 2.45. The van der Waals surface area contributed by atoms with E-state index in [1.54, 1.807) is 6.07 Å². The Morgan fingerprint density at radius 3 is 2.95 bits per heavy atom. The summed E-state index contributed by atoms with van der Waals surface area (Å²) in [5, 5.41) is 11.2. The van der Waals surface area contributed by atoms with E-state index < -0.39 is 5.60 Å². The second-order valence-electron chi connectivity index (χ2n) is 6.07. The van der Waals surface area contributed by atoms with Crippen molar-refractivity contribution in [2.45, 2.75) is 37.7 Å². The van der Waals surface area contributed by atoms with Crippen LogP contribution in [0.25, 0.3) is 0 Å². The Kier molecular flexibility index (Phi) is 3.74. The van der Waals surface area contributed by atoms with Crippen LogP contribution in [0.5, 0.6) is 0 Å². The van der Waals surface area contributed by atoms with Gasteiger partial charge < -0.3 is 10.0 Å². The number of rotatable bonds is 2. The van der Waals surface area contributed by atoms with Gasteiger partial charge in [-0.2, -0.15) is 0 Å². The van der Waals surface area contributed by atoms with Crippen LogP contribution in [0.4, 0.5) is 5.69 Å². The first kappa shape index (κ1) is 13.9. The molecule has 1 saturated heterocycles. The van der Waals surface area contributed by atoms with E-state index in [-0.39, 0.29) is 0 Å². The van der Waals surface area contributed by atoms with Crippen LogP contribution in [-0.4, -0.2) is 30.1 Å². The Morgan fingerprint density at radius 2 is 2.20 bits per heavy atom. The highest BCUT2D eigenvalue weighted by Crippen LogP contribution is 2.41. The van der Waals surface area contributed by atoms with Gasteiger partial charge in [0, 0.05) is 30.3 Å². The molecule has 108 valence electrons. The van der Waals surface area contributed by atoms with E-state index in [2.05, 4.69) is 4.90 Å². The van der Waals surface area contributed by atoms with Crippen LogP contribution in [0.2, 0.25) is 5.02 Å². The molecule has 1 aliphatic carbocycles. The third-order valence-corrected chi connectivity index (χ3v) is 5.23. The molecule has 2 fully saturated rings. The van der Waals surface area contributed by atoms with Crippen molar-refractivity contribution in [1.82, 2.24) is 0 Å². The Balaban J connectivity index is 1.79. The lowest BCUT2D eigenvalue weighted by Gasteiger charge is -2.48. The van der Waals surface area contributed by atoms with Crippen molar-refractivity contribution in [3.05, 3.63) is 28.8 Å². The number of halogens is 1. The molecule has 2 unspecified atom stereocenters. The summed E-state index contributed by atoms with van der Waals surface area (Å²) in [5.74, 6) is 0.356. The fourth-order valence-corrected chi connectivity index (χ4v) is 3.83. The van der Waals surface area contributed by atoms with Gasteiger partial charge in [0.15, 0.2) is 6.29 Å². The molecule has 2 aliphatic rings. The highest BCUT2D eigenvalue weighted by molar-refractivity contribution is 6.33. The molecule has 0 amide bonds. The minimum Gasteiger partial charge on any atom is -0.389 e. The summed E-state index contributed by atoms with van der Waals surface area (Å²) >= 11 is 6.11. The van der Waals surface area contributed by atoms with Crippen molar-refractivity contribution in [3.8, 4) is 0 Å². The van der Waals surface area contributed by atoms with Crippen LogP contribution in [0.3, 0.4) is 0 Å². The van der Waals surface area contributed by atoms with Gasteiger partial charge in [0.2, 0.25) is 0 Å². The SMILES string of the molecule is O=Cc1ccc(N2CCC3(O)CCCCC3C2)cc1Cl. The van der Waals surface area contributed by atoms with Crippen molar-refractivity contribution in [1.29, 1.82) is 0 Å². The van der Waals surface area contributed by atoms with Gasteiger partial charge in [-0.05, 0) is 37.5 Å². The number of aldehydes is 1. The molecule has 1 N–H and O–H groups in total. The number of benzene rings is 1.